The lowest BCUT2D eigenvalue weighted by Gasteiger charge is -2.19. The second-order valence-electron chi connectivity index (χ2n) is 4.62. The van der Waals surface area contributed by atoms with Gasteiger partial charge in [-0.1, -0.05) is 44.1 Å². The molecule has 2 aromatic rings. The molecule has 5 heteroatoms. The van der Waals surface area contributed by atoms with Gasteiger partial charge in [-0.25, -0.2) is 9.97 Å². The molecule has 0 radical (unpaired) electrons. The number of thioether (sulfide) groups is 1. The SMILES string of the molecule is CC(C)(C)Sc1ncnc(Cl)c1-n1cccc1. The Morgan fingerprint density at radius 2 is 1.82 bits per heavy atom. The van der Waals surface area contributed by atoms with Crippen molar-refractivity contribution >= 4 is 23.4 Å². The van der Waals surface area contributed by atoms with Crippen molar-refractivity contribution in [1.82, 2.24) is 14.5 Å². The number of hydrogen-bond donors (Lipinski definition) is 0. The van der Waals surface area contributed by atoms with E-state index < -0.39 is 0 Å². The summed E-state index contributed by atoms with van der Waals surface area (Å²) in [6.45, 7) is 6.44. The Hall–Kier alpha value is -1.00. The van der Waals surface area contributed by atoms with Crippen LogP contribution < -0.4 is 0 Å². The van der Waals surface area contributed by atoms with Crippen molar-refractivity contribution in [2.75, 3.05) is 0 Å². The molecule has 17 heavy (non-hydrogen) atoms. The normalized spacial score (nSPS) is 11.8. The van der Waals surface area contributed by atoms with Crippen LogP contribution in [0.25, 0.3) is 5.69 Å². The first kappa shape index (κ1) is 12.5. The van der Waals surface area contributed by atoms with Crippen LogP contribution in [0.15, 0.2) is 35.9 Å². The van der Waals surface area contributed by atoms with E-state index in [4.69, 9.17) is 11.6 Å². The highest BCUT2D eigenvalue weighted by molar-refractivity contribution is 8.00. The van der Waals surface area contributed by atoms with Gasteiger partial charge in [0.2, 0.25) is 0 Å². The third-order valence-corrected chi connectivity index (χ3v) is 3.39. The Morgan fingerprint density at radius 1 is 1.18 bits per heavy atom. The molecule has 0 aliphatic rings. The Bertz CT molecular complexity index is 503. The summed E-state index contributed by atoms with van der Waals surface area (Å²) in [7, 11) is 0. The first-order valence-electron chi connectivity index (χ1n) is 5.30. The summed E-state index contributed by atoms with van der Waals surface area (Å²) in [4.78, 5) is 8.37. The molecule has 90 valence electrons. The average Bonchev–Trinajstić information content (AvgIpc) is 2.68. The maximum absolute atomic E-state index is 6.16. The summed E-state index contributed by atoms with van der Waals surface area (Å²) in [5.74, 6) is 0. The van der Waals surface area contributed by atoms with Gasteiger partial charge in [-0.05, 0) is 12.1 Å². The van der Waals surface area contributed by atoms with Crippen LogP contribution in [0, 0.1) is 0 Å². The zero-order chi connectivity index (χ0) is 12.5. The van der Waals surface area contributed by atoms with Crippen molar-refractivity contribution in [3.8, 4) is 5.69 Å². The molecule has 0 spiro atoms. The monoisotopic (exact) mass is 267 g/mol. The molecule has 0 N–H and O–H groups in total. The van der Waals surface area contributed by atoms with Crippen LogP contribution in [0.2, 0.25) is 5.15 Å². The predicted molar refractivity (Wildman–Crippen MR) is 72.0 cm³/mol. The van der Waals surface area contributed by atoms with E-state index in [2.05, 4.69) is 30.7 Å². The fraction of sp³-hybridized carbons (Fsp3) is 0.333. The molecule has 0 bridgehead atoms. The fourth-order valence-electron chi connectivity index (χ4n) is 1.41. The number of rotatable bonds is 2. The van der Waals surface area contributed by atoms with Gasteiger partial charge in [0.1, 0.15) is 17.0 Å². The Balaban J connectivity index is 2.49. The number of nitrogens with zero attached hydrogens (tertiary/aromatic N) is 3. The van der Waals surface area contributed by atoms with Gasteiger partial charge in [0.25, 0.3) is 0 Å². The molecule has 0 unspecified atom stereocenters. The van der Waals surface area contributed by atoms with Crippen LogP contribution in [-0.4, -0.2) is 19.3 Å². The molecule has 2 aromatic heterocycles. The number of halogens is 1. The third kappa shape index (κ3) is 3.01. The molecule has 0 aliphatic heterocycles. The summed E-state index contributed by atoms with van der Waals surface area (Å²) in [5, 5.41) is 1.37. The van der Waals surface area contributed by atoms with Crippen LogP contribution in [0.5, 0.6) is 0 Å². The van der Waals surface area contributed by atoms with E-state index in [0.717, 1.165) is 10.7 Å². The van der Waals surface area contributed by atoms with Crippen LogP contribution in [0.4, 0.5) is 0 Å². The smallest absolute Gasteiger partial charge is 0.157 e. The lowest BCUT2D eigenvalue weighted by atomic mass is 10.3. The first-order chi connectivity index (χ1) is 7.97. The van der Waals surface area contributed by atoms with E-state index in [1.165, 1.54) is 6.33 Å². The Kier molecular flexibility index (Phi) is 3.45. The predicted octanol–water partition coefficient (Wildman–Crippen LogP) is 3.81. The molecule has 0 fully saturated rings. The summed E-state index contributed by atoms with van der Waals surface area (Å²) < 4.78 is 2.02. The van der Waals surface area contributed by atoms with E-state index in [1.54, 1.807) is 11.8 Å². The van der Waals surface area contributed by atoms with Gasteiger partial charge in [-0.15, -0.1) is 0 Å². The van der Waals surface area contributed by atoms with Crippen molar-refractivity contribution < 1.29 is 0 Å². The van der Waals surface area contributed by atoms with Gasteiger partial charge in [0.15, 0.2) is 5.15 Å². The lowest BCUT2D eigenvalue weighted by molar-refractivity contribution is 0.795. The minimum absolute atomic E-state index is 0.0829. The molecule has 0 aromatic carbocycles. The fourth-order valence-corrected chi connectivity index (χ4v) is 2.67. The van der Waals surface area contributed by atoms with Crippen LogP contribution in [-0.2, 0) is 0 Å². The van der Waals surface area contributed by atoms with Crippen molar-refractivity contribution in [3.63, 3.8) is 0 Å². The quantitative estimate of drug-likeness (QED) is 0.612. The lowest BCUT2D eigenvalue weighted by Crippen LogP contribution is -2.09. The summed E-state index contributed by atoms with van der Waals surface area (Å²) in [6, 6.07) is 3.91. The molecular weight excluding hydrogens is 254 g/mol. The zero-order valence-corrected chi connectivity index (χ0v) is 11.6. The van der Waals surface area contributed by atoms with E-state index in [1.807, 2.05) is 29.1 Å². The Labute approximate surface area is 110 Å². The molecule has 0 aliphatic carbocycles. The first-order valence-corrected chi connectivity index (χ1v) is 6.50. The molecule has 0 atom stereocenters. The molecule has 2 rings (SSSR count). The highest BCUT2D eigenvalue weighted by Gasteiger charge is 2.19. The van der Waals surface area contributed by atoms with Gasteiger partial charge in [0, 0.05) is 17.1 Å². The minimum Gasteiger partial charge on any atom is -0.319 e. The molecule has 0 saturated carbocycles. The molecule has 2 heterocycles. The van der Waals surface area contributed by atoms with E-state index >= 15 is 0 Å². The summed E-state index contributed by atoms with van der Waals surface area (Å²) >= 11 is 7.85. The van der Waals surface area contributed by atoms with Crippen LogP contribution >= 0.6 is 23.4 Å². The van der Waals surface area contributed by atoms with Gasteiger partial charge in [0.05, 0.1) is 0 Å². The highest BCUT2D eigenvalue weighted by atomic mass is 35.5. The molecule has 3 nitrogen and oxygen atoms in total. The topological polar surface area (TPSA) is 30.7 Å². The molecular formula is C12H14ClN3S. The van der Waals surface area contributed by atoms with Crippen LogP contribution in [0.1, 0.15) is 20.8 Å². The van der Waals surface area contributed by atoms with Crippen molar-refractivity contribution in [3.05, 3.63) is 36.0 Å². The van der Waals surface area contributed by atoms with Crippen molar-refractivity contribution in [1.29, 1.82) is 0 Å². The van der Waals surface area contributed by atoms with Gasteiger partial charge in [-0.2, -0.15) is 0 Å². The number of hydrogen-bond acceptors (Lipinski definition) is 3. The molecule has 0 saturated heterocycles. The van der Waals surface area contributed by atoms with E-state index in [-0.39, 0.29) is 4.75 Å². The minimum atomic E-state index is 0.0829. The third-order valence-electron chi connectivity index (χ3n) is 2.01. The van der Waals surface area contributed by atoms with Gasteiger partial charge in [-0.3, -0.25) is 0 Å². The highest BCUT2D eigenvalue weighted by Crippen LogP contribution is 2.36. The zero-order valence-electron chi connectivity index (χ0n) is 10.0. The van der Waals surface area contributed by atoms with Gasteiger partial charge >= 0.3 is 0 Å². The van der Waals surface area contributed by atoms with E-state index in [0.29, 0.717) is 5.15 Å². The number of aromatic nitrogens is 3. The standard InChI is InChI=1S/C12H14ClN3S/c1-12(2,3)17-11-9(10(13)14-8-15-11)16-6-4-5-7-16/h4-8H,1-3H3. The van der Waals surface area contributed by atoms with Crippen LogP contribution in [0.3, 0.4) is 0 Å². The Morgan fingerprint density at radius 3 is 2.41 bits per heavy atom. The van der Waals surface area contributed by atoms with Crippen molar-refractivity contribution in [2.45, 2.75) is 30.5 Å². The average molecular weight is 268 g/mol. The summed E-state index contributed by atoms with van der Waals surface area (Å²) in [5.41, 5.74) is 0.846. The van der Waals surface area contributed by atoms with Gasteiger partial charge < -0.3 is 4.57 Å². The second-order valence-corrected chi connectivity index (χ2v) is 6.80. The largest absolute Gasteiger partial charge is 0.319 e. The maximum atomic E-state index is 6.16. The van der Waals surface area contributed by atoms with Crippen molar-refractivity contribution in [2.24, 2.45) is 0 Å². The maximum Gasteiger partial charge on any atom is 0.157 e. The van der Waals surface area contributed by atoms with E-state index in [9.17, 15) is 0 Å². The molecule has 0 amide bonds. The summed E-state index contributed by atoms with van der Waals surface area (Å²) in [6.07, 6.45) is 5.39. The second kappa shape index (κ2) is 4.70.